The van der Waals surface area contributed by atoms with Gasteiger partial charge in [-0.05, 0) is 50.0 Å². The predicted molar refractivity (Wildman–Crippen MR) is 104 cm³/mol. The fourth-order valence-electron chi connectivity index (χ4n) is 3.00. The van der Waals surface area contributed by atoms with Crippen molar-refractivity contribution in [3.63, 3.8) is 0 Å². The van der Waals surface area contributed by atoms with Crippen LogP contribution in [0.2, 0.25) is 5.02 Å². The third-order valence-corrected chi connectivity index (χ3v) is 5.08. The lowest BCUT2D eigenvalue weighted by Gasteiger charge is -2.30. The van der Waals surface area contributed by atoms with Crippen LogP contribution in [-0.2, 0) is 9.59 Å². The molecule has 1 N–H and O–H groups in total. The fraction of sp³-hybridized carbons (Fsp3) is 0.350. The maximum absolute atomic E-state index is 12.4. The minimum Gasteiger partial charge on any atom is -0.360 e. The molecule has 7 heteroatoms. The minimum absolute atomic E-state index is 0.0577. The number of amides is 2. The first-order chi connectivity index (χ1) is 12.9. The van der Waals surface area contributed by atoms with Gasteiger partial charge in [0.2, 0.25) is 11.8 Å². The number of piperidine rings is 1. The molecule has 2 aromatic rings. The summed E-state index contributed by atoms with van der Waals surface area (Å²) in [6.45, 7) is 4.80. The van der Waals surface area contributed by atoms with Crippen LogP contribution in [-0.4, -0.2) is 35.0 Å². The lowest BCUT2D eigenvalue weighted by atomic mass is 9.96. The largest absolute Gasteiger partial charge is 0.360 e. The van der Waals surface area contributed by atoms with E-state index in [0.717, 1.165) is 11.1 Å². The molecule has 27 heavy (non-hydrogen) atoms. The van der Waals surface area contributed by atoms with Crippen molar-refractivity contribution >= 4 is 35.3 Å². The second-order valence-electron chi connectivity index (χ2n) is 6.75. The van der Waals surface area contributed by atoms with Gasteiger partial charge in [-0.1, -0.05) is 28.9 Å². The van der Waals surface area contributed by atoms with Crippen molar-refractivity contribution in [1.29, 1.82) is 0 Å². The van der Waals surface area contributed by atoms with E-state index in [4.69, 9.17) is 16.1 Å². The van der Waals surface area contributed by atoms with E-state index in [1.54, 1.807) is 30.0 Å². The van der Waals surface area contributed by atoms with Gasteiger partial charge in [-0.15, -0.1) is 0 Å². The van der Waals surface area contributed by atoms with Gasteiger partial charge >= 0.3 is 0 Å². The van der Waals surface area contributed by atoms with Gasteiger partial charge in [0.15, 0.2) is 5.82 Å². The first-order valence-electron chi connectivity index (χ1n) is 8.89. The number of hydrogen-bond donors (Lipinski definition) is 1. The van der Waals surface area contributed by atoms with Gasteiger partial charge in [0.05, 0.1) is 0 Å². The molecule has 1 aromatic heterocycles. The molecular formula is C20H22ClN3O3. The van der Waals surface area contributed by atoms with Crippen molar-refractivity contribution in [3.05, 3.63) is 52.3 Å². The van der Waals surface area contributed by atoms with Crippen molar-refractivity contribution in [2.45, 2.75) is 26.7 Å². The quantitative estimate of drug-likeness (QED) is 0.809. The van der Waals surface area contributed by atoms with Crippen molar-refractivity contribution in [1.82, 2.24) is 10.1 Å². The number of nitrogens with zero attached hydrogens (tertiary/aromatic N) is 2. The van der Waals surface area contributed by atoms with Gasteiger partial charge in [0, 0.05) is 36.2 Å². The maximum Gasteiger partial charge on any atom is 0.246 e. The Hall–Kier alpha value is -2.60. The number of carbonyl (C=O) groups is 2. The third kappa shape index (κ3) is 4.98. The normalized spacial score (nSPS) is 15.3. The van der Waals surface area contributed by atoms with Crippen molar-refractivity contribution in [2.24, 2.45) is 5.92 Å². The second kappa shape index (κ2) is 8.39. The SMILES string of the molecule is Cc1cc(NC(=O)C2CCN(C(=O)/C=C/c3ccc(C)c(Cl)c3)CC2)no1. The Morgan fingerprint density at radius 2 is 2.00 bits per heavy atom. The molecule has 3 rings (SSSR count). The van der Waals surface area contributed by atoms with E-state index in [9.17, 15) is 9.59 Å². The number of halogens is 1. The molecule has 1 aliphatic rings. The highest BCUT2D eigenvalue weighted by Gasteiger charge is 2.27. The molecule has 6 nitrogen and oxygen atoms in total. The van der Waals surface area contributed by atoms with Crippen LogP contribution in [0.1, 0.15) is 29.7 Å². The Kier molecular flexibility index (Phi) is 5.96. The molecule has 0 radical (unpaired) electrons. The van der Waals surface area contributed by atoms with Gasteiger partial charge in [0.25, 0.3) is 0 Å². The van der Waals surface area contributed by atoms with Crippen LogP contribution < -0.4 is 5.32 Å². The summed E-state index contributed by atoms with van der Waals surface area (Å²) in [7, 11) is 0. The van der Waals surface area contributed by atoms with Crippen LogP contribution >= 0.6 is 11.6 Å². The molecule has 2 amide bonds. The molecule has 1 fully saturated rings. The van der Waals surface area contributed by atoms with E-state index in [1.165, 1.54) is 0 Å². The molecule has 0 unspecified atom stereocenters. The number of likely N-dealkylation sites (tertiary alicyclic amines) is 1. The van der Waals surface area contributed by atoms with E-state index in [2.05, 4.69) is 10.5 Å². The number of nitrogens with one attached hydrogen (secondary N) is 1. The van der Waals surface area contributed by atoms with Crippen molar-refractivity contribution < 1.29 is 14.1 Å². The fourth-order valence-corrected chi connectivity index (χ4v) is 3.19. The molecule has 142 valence electrons. The van der Waals surface area contributed by atoms with Gasteiger partial charge in [-0.25, -0.2) is 0 Å². The van der Waals surface area contributed by atoms with Crippen molar-refractivity contribution in [3.8, 4) is 0 Å². The number of carbonyl (C=O) groups excluding carboxylic acids is 2. The van der Waals surface area contributed by atoms with E-state index in [0.29, 0.717) is 42.5 Å². The number of aryl methyl sites for hydroxylation is 2. The molecule has 0 saturated carbocycles. The number of benzene rings is 1. The molecule has 1 saturated heterocycles. The molecule has 0 aliphatic carbocycles. The second-order valence-corrected chi connectivity index (χ2v) is 7.16. The van der Waals surface area contributed by atoms with E-state index >= 15 is 0 Å². The van der Waals surface area contributed by atoms with Crippen LogP contribution in [0.15, 0.2) is 34.9 Å². The zero-order valence-electron chi connectivity index (χ0n) is 15.4. The minimum atomic E-state index is -0.133. The average Bonchev–Trinajstić information content (AvgIpc) is 3.07. The zero-order valence-corrected chi connectivity index (χ0v) is 16.1. The third-order valence-electron chi connectivity index (χ3n) is 4.67. The van der Waals surface area contributed by atoms with Gasteiger partial charge < -0.3 is 14.7 Å². The molecule has 0 atom stereocenters. The highest BCUT2D eigenvalue weighted by molar-refractivity contribution is 6.31. The van der Waals surface area contributed by atoms with Crippen LogP contribution in [0.4, 0.5) is 5.82 Å². The molecule has 1 aliphatic heterocycles. The Morgan fingerprint density at radius 3 is 2.63 bits per heavy atom. The van der Waals surface area contributed by atoms with Crippen LogP contribution in [0, 0.1) is 19.8 Å². The van der Waals surface area contributed by atoms with Gasteiger partial charge in [0.1, 0.15) is 5.76 Å². The lowest BCUT2D eigenvalue weighted by Crippen LogP contribution is -2.40. The summed E-state index contributed by atoms with van der Waals surface area (Å²) in [6.07, 6.45) is 4.57. The smallest absolute Gasteiger partial charge is 0.246 e. The summed E-state index contributed by atoms with van der Waals surface area (Å²) < 4.78 is 4.94. The first-order valence-corrected chi connectivity index (χ1v) is 9.27. The molecule has 2 heterocycles. The molecule has 1 aromatic carbocycles. The van der Waals surface area contributed by atoms with Crippen molar-refractivity contribution in [2.75, 3.05) is 18.4 Å². The van der Waals surface area contributed by atoms with Gasteiger partial charge in [-0.3, -0.25) is 9.59 Å². The Morgan fingerprint density at radius 1 is 1.26 bits per heavy atom. The Labute approximate surface area is 163 Å². The van der Waals surface area contributed by atoms with Gasteiger partial charge in [-0.2, -0.15) is 0 Å². The number of rotatable bonds is 4. The highest BCUT2D eigenvalue weighted by Crippen LogP contribution is 2.21. The topological polar surface area (TPSA) is 75.4 Å². The van der Waals surface area contributed by atoms with Crippen LogP contribution in [0.5, 0.6) is 0 Å². The molecular weight excluding hydrogens is 366 g/mol. The summed E-state index contributed by atoms with van der Waals surface area (Å²) in [5, 5.41) is 7.21. The Balaban J connectivity index is 1.50. The van der Waals surface area contributed by atoms with Crippen LogP contribution in [0.25, 0.3) is 6.08 Å². The monoisotopic (exact) mass is 387 g/mol. The lowest BCUT2D eigenvalue weighted by molar-refractivity contribution is -0.130. The summed E-state index contributed by atoms with van der Waals surface area (Å²) in [4.78, 5) is 26.4. The molecule has 0 spiro atoms. The van der Waals surface area contributed by atoms with E-state index in [-0.39, 0.29) is 17.7 Å². The highest BCUT2D eigenvalue weighted by atomic mass is 35.5. The number of aromatic nitrogens is 1. The summed E-state index contributed by atoms with van der Waals surface area (Å²) in [5.41, 5.74) is 1.89. The summed E-state index contributed by atoms with van der Waals surface area (Å²) in [6, 6.07) is 7.36. The zero-order chi connectivity index (χ0) is 19.4. The standard InChI is InChI=1S/C20H22ClN3O3/c1-13-3-4-15(12-17(13)21)5-6-19(25)24-9-7-16(8-10-24)20(26)22-18-11-14(2)27-23-18/h3-6,11-12,16H,7-10H2,1-2H3,(H,22,23,26)/b6-5+. The van der Waals surface area contributed by atoms with E-state index in [1.807, 2.05) is 25.1 Å². The van der Waals surface area contributed by atoms with E-state index < -0.39 is 0 Å². The first kappa shape index (κ1) is 19.2. The summed E-state index contributed by atoms with van der Waals surface area (Å²) >= 11 is 6.11. The Bertz CT molecular complexity index is 867. The number of hydrogen-bond acceptors (Lipinski definition) is 4. The number of anilines is 1. The predicted octanol–water partition coefficient (Wildman–Crippen LogP) is 3.84. The van der Waals surface area contributed by atoms with Crippen LogP contribution in [0.3, 0.4) is 0 Å². The maximum atomic E-state index is 12.4. The average molecular weight is 388 g/mol. The summed E-state index contributed by atoms with van der Waals surface area (Å²) in [5.74, 6) is 0.798. The molecule has 0 bridgehead atoms.